The number of esters is 1. The third-order valence-corrected chi connectivity index (χ3v) is 7.07. The van der Waals surface area contributed by atoms with E-state index in [9.17, 15) is 9.59 Å². The van der Waals surface area contributed by atoms with Crippen LogP contribution < -0.4 is 10.1 Å². The number of carbonyl (C=O) groups excluding carboxylic acids is 2. The molecule has 0 unspecified atom stereocenters. The van der Waals surface area contributed by atoms with Crippen LogP contribution in [-0.2, 0) is 16.1 Å². The molecule has 164 valence electrons. The van der Waals surface area contributed by atoms with Gasteiger partial charge in [-0.3, -0.25) is 4.79 Å². The van der Waals surface area contributed by atoms with E-state index in [-0.39, 0.29) is 23.8 Å². The Bertz CT molecular complexity index is 915. The molecule has 1 amide bonds. The fourth-order valence-electron chi connectivity index (χ4n) is 6.14. The summed E-state index contributed by atoms with van der Waals surface area (Å²) in [6, 6.07) is 12.6. The van der Waals surface area contributed by atoms with Crippen LogP contribution in [0.3, 0.4) is 0 Å². The maximum absolute atomic E-state index is 12.8. The number of rotatable bonds is 7. The fourth-order valence-corrected chi connectivity index (χ4v) is 6.14. The smallest absolute Gasteiger partial charge is 0.375 e. The zero-order valence-electron chi connectivity index (χ0n) is 17.8. The van der Waals surface area contributed by atoms with Crippen molar-refractivity contribution in [1.82, 2.24) is 5.32 Å². The maximum atomic E-state index is 12.8. The first-order valence-corrected chi connectivity index (χ1v) is 11.3. The molecule has 1 aromatic heterocycles. The molecule has 4 fully saturated rings. The molecule has 4 aliphatic rings. The predicted molar refractivity (Wildman–Crippen MR) is 113 cm³/mol. The van der Waals surface area contributed by atoms with Gasteiger partial charge >= 0.3 is 5.97 Å². The third-order valence-electron chi connectivity index (χ3n) is 7.07. The Morgan fingerprint density at radius 3 is 2.32 bits per heavy atom. The summed E-state index contributed by atoms with van der Waals surface area (Å²) >= 11 is 0. The van der Waals surface area contributed by atoms with Gasteiger partial charge in [0.1, 0.15) is 18.1 Å². The molecule has 2 aromatic rings. The molecule has 6 heteroatoms. The number of hydrogen-bond donors (Lipinski definition) is 1. The van der Waals surface area contributed by atoms with Crippen LogP contribution in [0, 0.1) is 17.8 Å². The van der Waals surface area contributed by atoms with Crippen LogP contribution >= 0.6 is 0 Å². The molecule has 1 atom stereocenters. The second-order valence-electron chi connectivity index (χ2n) is 9.60. The summed E-state index contributed by atoms with van der Waals surface area (Å²) in [5.41, 5.74) is -0.0981. The van der Waals surface area contributed by atoms with E-state index in [1.165, 1.54) is 19.3 Å². The molecule has 1 heterocycles. The first kappa shape index (κ1) is 20.2. The van der Waals surface area contributed by atoms with Crippen LogP contribution in [0.25, 0.3) is 0 Å². The maximum Gasteiger partial charge on any atom is 0.375 e. The highest BCUT2D eigenvalue weighted by atomic mass is 16.6. The quantitative estimate of drug-likeness (QED) is 0.664. The van der Waals surface area contributed by atoms with E-state index in [0.29, 0.717) is 5.76 Å². The third kappa shape index (κ3) is 4.34. The number of carbonyl (C=O) groups is 2. The van der Waals surface area contributed by atoms with E-state index in [0.717, 1.165) is 42.8 Å². The molecule has 4 bridgehead atoms. The highest BCUT2D eigenvalue weighted by molar-refractivity contribution is 5.90. The van der Waals surface area contributed by atoms with Crippen molar-refractivity contribution in [2.24, 2.45) is 17.8 Å². The summed E-state index contributed by atoms with van der Waals surface area (Å²) in [5, 5.41) is 3.26. The van der Waals surface area contributed by atoms with Crippen LogP contribution in [-0.4, -0.2) is 23.5 Å². The van der Waals surface area contributed by atoms with Crippen LogP contribution in [0.15, 0.2) is 46.9 Å². The fraction of sp³-hybridized carbons (Fsp3) is 0.520. The minimum absolute atomic E-state index is 0.0705. The Balaban J connectivity index is 1.14. The van der Waals surface area contributed by atoms with Gasteiger partial charge in [0.15, 0.2) is 6.10 Å². The molecule has 0 spiro atoms. The largest absolute Gasteiger partial charge is 0.486 e. The van der Waals surface area contributed by atoms with Crippen LogP contribution in [0.2, 0.25) is 0 Å². The standard InChI is InChI=1S/C25H29NO5/c1-16(23(27)26-25-12-17-9-18(13-25)11-19(10-17)14-25)30-24(28)22-8-7-21(31-22)15-29-20-5-3-2-4-6-20/h2-8,16-19H,9-15H2,1H3,(H,26,27)/t16-,17?,18?,19?,25?/m0/s1. The molecule has 0 aliphatic heterocycles. The summed E-state index contributed by atoms with van der Waals surface area (Å²) in [4.78, 5) is 25.3. The number of amides is 1. The van der Waals surface area contributed by atoms with E-state index in [1.807, 2.05) is 30.3 Å². The normalized spacial score (nSPS) is 29.4. The lowest BCUT2D eigenvalue weighted by molar-refractivity contribution is -0.135. The Morgan fingerprint density at radius 2 is 1.68 bits per heavy atom. The Labute approximate surface area is 182 Å². The van der Waals surface area contributed by atoms with Crippen molar-refractivity contribution in [3.8, 4) is 5.75 Å². The van der Waals surface area contributed by atoms with Crippen LogP contribution in [0.1, 0.15) is 61.8 Å². The van der Waals surface area contributed by atoms with Crippen molar-refractivity contribution in [1.29, 1.82) is 0 Å². The van der Waals surface area contributed by atoms with Crippen molar-refractivity contribution in [2.45, 2.75) is 63.7 Å². The molecule has 6 nitrogen and oxygen atoms in total. The molecular formula is C25H29NO5. The molecule has 4 aliphatic carbocycles. The average Bonchev–Trinajstić information content (AvgIpc) is 3.21. The molecule has 6 rings (SSSR count). The van der Waals surface area contributed by atoms with Gasteiger partial charge in [-0.2, -0.15) is 0 Å². The summed E-state index contributed by atoms with van der Waals surface area (Å²) < 4.78 is 16.6. The zero-order valence-corrected chi connectivity index (χ0v) is 17.8. The number of benzene rings is 1. The van der Waals surface area contributed by atoms with Crippen molar-refractivity contribution in [3.63, 3.8) is 0 Å². The molecule has 1 N–H and O–H groups in total. The van der Waals surface area contributed by atoms with Gasteiger partial charge in [0.2, 0.25) is 5.76 Å². The number of ether oxygens (including phenoxy) is 2. The summed E-state index contributed by atoms with van der Waals surface area (Å²) in [6.45, 7) is 1.83. The molecule has 0 radical (unpaired) electrons. The highest BCUT2D eigenvalue weighted by Gasteiger charge is 2.51. The van der Waals surface area contributed by atoms with E-state index in [2.05, 4.69) is 5.32 Å². The summed E-state index contributed by atoms with van der Waals surface area (Å²) in [7, 11) is 0. The second-order valence-corrected chi connectivity index (χ2v) is 9.60. The van der Waals surface area contributed by atoms with E-state index >= 15 is 0 Å². The molecule has 1 aromatic carbocycles. The number of nitrogens with one attached hydrogen (secondary N) is 1. The van der Waals surface area contributed by atoms with Gasteiger partial charge in [-0.1, -0.05) is 18.2 Å². The monoisotopic (exact) mass is 423 g/mol. The Kier molecular flexibility index (Phi) is 5.24. The molecule has 4 saturated carbocycles. The lowest BCUT2D eigenvalue weighted by Crippen LogP contribution is -2.61. The first-order valence-electron chi connectivity index (χ1n) is 11.3. The van der Waals surface area contributed by atoms with Crippen LogP contribution in [0.4, 0.5) is 0 Å². The Morgan fingerprint density at radius 1 is 1.03 bits per heavy atom. The van der Waals surface area contributed by atoms with Gasteiger partial charge in [0.05, 0.1) is 0 Å². The lowest BCUT2D eigenvalue weighted by atomic mass is 9.53. The minimum atomic E-state index is -0.866. The molecule has 0 saturated heterocycles. The van der Waals surface area contributed by atoms with Gasteiger partial charge in [-0.05, 0) is 87.5 Å². The number of para-hydroxylation sites is 1. The van der Waals surface area contributed by atoms with Gasteiger partial charge in [0.25, 0.3) is 5.91 Å². The van der Waals surface area contributed by atoms with E-state index in [1.54, 1.807) is 19.1 Å². The zero-order chi connectivity index (χ0) is 21.4. The van der Waals surface area contributed by atoms with Crippen molar-refractivity contribution < 1.29 is 23.5 Å². The number of hydrogen-bond acceptors (Lipinski definition) is 5. The minimum Gasteiger partial charge on any atom is -0.486 e. The Hall–Kier alpha value is -2.76. The van der Waals surface area contributed by atoms with Gasteiger partial charge in [0, 0.05) is 5.54 Å². The predicted octanol–water partition coefficient (Wildman–Crippen LogP) is 4.49. The van der Waals surface area contributed by atoms with Crippen LogP contribution in [0.5, 0.6) is 5.75 Å². The molecule has 31 heavy (non-hydrogen) atoms. The van der Waals surface area contributed by atoms with E-state index < -0.39 is 12.1 Å². The first-order chi connectivity index (χ1) is 15.0. The average molecular weight is 424 g/mol. The van der Waals surface area contributed by atoms with Crippen molar-refractivity contribution in [2.75, 3.05) is 0 Å². The van der Waals surface area contributed by atoms with Gasteiger partial charge in [-0.25, -0.2) is 4.79 Å². The van der Waals surface area contributed by atoms with Gasteiger partial charge < -0.3 is 19.2 Å². The summed E-state index contributed by atoms with van der Waals surface area (Å²) in [6.07, 6.45) is 6.27. The van der Waals surface area contributed by atoms with Gasteiger partial charge in [-0.15, -0.1) is 0 Å². The SMILES string of the molecule is C[C@H](OC(=O)c1ccc(COc2ccccc2)o1)C(=O)NC12CC3CC(CC(C3)C1)C2. The lowest BCUT2D eigenvalue weighted by Gasteiger charge is -2.57. The highest BCUT2D eigenvalue weighted by Crippen LogP contribution is 2.55. The summed E-state index contributed by atoms with van der Waals surface area (Å²) in [5.74, 6) is 2.67. The second kappa shape index (κ2) is 8.06. The number of furan rings is 1. The topological polar surface area (TPSA) is 77.8 Å². The van der Waals surface area contributed by atoms with E-state index in [4.69, 9.17) is 13.9 Å². The molecular weight excluding hydrogens is 394 g/mol. The van der Waals surface area contributed by atoms with Crippen molar-refractivity contribution >= 4 is 11.9 Å². The van der Waals surface area contributed by atoms with Crippen molar-refractivity contribution in [3.05, 3.63) is 54.0 Å².